The highest BCUT2D eigenvalue weighted by Crippen LogP contribution is 2.29. The van der Waals surface area contributed by atoms with E-state index in [4.69, 9.17) is 0 Å². The van der Waals surface area contributed by atoms with E-state index in [1.165, 1.54) is 26.6 Å². The lowest BCUT2D eigenvalue weighted by Crippen LogP contribution is -2.25. The fourth-order valence-corrected chi connectivity index (χ4v) is 3.79. The molecule has 0 N–H and O–H groups in total. The summed E-state index contributed by atoms with van der Waals surface area (Å²) in [6.45, 7) is 4.53. The molecule has 0 aliphatic heterocycles. The van der Waals surface area contributed by atoms with Crippen LogP contribution in [0, 0.1) is 5.92 Å². The van der Waals surface area contributed by atoms with Crippen LogP contribution in [0.3, 0.4) is 0 Å². The van der Waals surface area contributed by atoms with Gasteiger partial charge in [-0.15, -0.1) is 11.3 Å². The second kappa shape index (κ2) is 4.09. The Morgan fingerprint density at radius 3 is 2.94 bits per heavy atom. The van der Waals surface area contributed by atoms with Crippen molar-refractivity contribution in [2.45, 2.75) is 23.7 Å². The van der Waals surface area contributed by atoms with Crippen molar-refractivity contribution < 1.29 is 0 Å². The standard InChI is InChI=1S/C15H15IS/c1-10-3-4-13-12(9-10)11-5-7-15(2,16)8-6-14(11)17-13/h4-10H,3H2,1-2H3. The van der Waals surface area contributed by atoms with Crippen LogP contribution in [-0.2, 0) is 0 Å². The summed E-state index contributed by atoms with van der Waals surface area (Å²) in [5.74, 6) is 0.674. The molecule has 3 rings (SSSR count). The molecule has 2 heteroatoms. The average Bonchev–Trinajstić information content (AvgIpc) is 2.53. The fourth-order valence-electron chi connectivity index (χ4n) is 2.30. The number of hydrogen-bond donors (Lipinski definition) is 0. The number of thiophene rings is 1. The summed E-state index contributed by atoms with van der Waals surface area (Å²) in [5, 5.41) is 1.46. The number of halogens is 1. The zero-order chi connectivity index (χ0) is 12.0. The Kier molecular flexibility index (Phi) is 2.82. The van der Waals surface area contributed by atoms with Gasteiger partial charge in [0.15, 0.2) is 0 Å². The molecule has 0 nitrogen and oxygen atoms in total. The van der Waals surface area contributed by atoms with Gasteiger partial charge in [-0.25, -0.2) is 0 Å². The largest absolute Gasteiger partial charge is 0.136 e. The van der Waals surface area contributed by atoms with Crippen molar-refractivity contribution in [2.75, 3.05) is 0 Å². The van der Waals surface area contributed by atoms with Gasteiger partial charge in [-0.3, -0.25) is 0 Å². The van der Waals surface area contributed by atoms with E-state index in [-0.39, 0.29) is 3.42 Å². The lowest BCUT2D eigenvalue weighted by Gasteiger charge is -2.09. The van der Waals surface area contributed by atoms with Gasteiger partial charge in [0.05, 0.1) is 3.42 Å². The van der Waals surface area contributed by atoms with Gasteiger partial charge in [-0.05, 0) is 36.1 Å². The van der Waals surface area contributed by atoms with E-state index in [0.29, 0.717) is 5.92 Å². The van der Waals surface area contributed by atoms with Crippen molar-refractivity contribution in [3.8, 4) is 0 Å². The maximum absolute atomic E-state index is 2.48. The fraction of sp³-hybridized carbons (Fsp3) is 0.333. The van der Waals surface area contributed by atoms with Crippen LogP contribution in [0.15, 0.2) is 12.2 Å². The summed E-state index contributed by atoms with van der Waals surface area (Å²) in [4.78, 5) is 1.41. The quantitative estimate of drug-likeness (QED) is 0.494. The zero-order valence-corrected chi connectivity index (χ0v) is 13.0. The van der Waals surface area contributed by atoms with Crippen molar-refractivity contribution in [2.24, 2.45) is 5.92 Å². The Morgan fingerprint density at radius 2 is 2.12 bits per heavy atom. The van der Waals surface area contributed by atoms with Crippen LogP contribution in [0.5, 0.6) is 0 Å². The van der Waals surface area contributed by atoms with Crippen LogP contribution in [0.1, 0.15) is 30.7 Å². The summed E-state index contributed by atoms with van der Waals surface area (Å²) < 4.78 is 1.60. The molecular formula is C15H15IS. The van der Waals surface area contributed by atoms with Crippen molar-refractivity contribution in [3.63, 3.8) is 0 Å². The van der Waals surface area contributed by atoms with E-state index in [0.717, 1.165) is 0 Å². The molecule has 0 saturated carbocycles. The molecule has 0 amide bonds. The molecule has 1 heterocycles. The maximum atomic E-state index is 2.48. The van der Waals surface area contributed by atoms with Crippen molar-refractivity contribution in [1.29, 1.82) is 0 Å². The monoisotopic (exact) mass is 354 g/mol. The topological polar surface area (TPSA) is 0 Å². The van der Waals surface area contributed by atoms with E-state index >= 15 is 0 Å². The van der Waals surface area contributed by atoms with Gasteiger partial charge in [0, 0.05) is 9.41 Å². The normalized spacial score (nSPS) is 29.9. The van der Waals surface area contributed by atoms with E-state index in [9.17, 15) is 0 Å². The van der Waals surface area contributed by atoms with E-state index in [1.54, 1.807) is 0 Å². The van der Waals surface area contributed by atoms with Crippen LogP contribution >= 0.6 is 33.9 Å². The molecule has 0 saturated heterocycles. The molecule has 0 spiro atoms. The third-order valence-electron chi connectivity index (χ3n) is 3.30. The van der Waals surface area contributed by atoms with Crippen LogP contribution in [-0.4, -0.2) is 3.42 Å². The van der Waals surface area contributed by atoms with Crippen LogP contribution in [0.25, 0.3) is 24.3 Å². The first-order chi connectivity index (χ1) is 8.05. The number of fused-ring (bicyclic) bond motifs is 3. The lowest BCUT2D eigenvalue weighted by atomic mass is 10.0. The predicted molar refractivity (Wildman–Crippen MR) is 86.8 cm³/mol. The van der Waals surface area contributed by atoms with Crippen molar-refractivity contribution >= 4 is 58.2 Å². The van der Waals surface area contributed by atoms with Crippen LogP contribution in [0.4, 0.5) is 0 Å². The predicted octanol–water partition coefficient (Wildman–Crippen LogP) is 3.58. The third kappa shape index (κ3) is 2.17. The molecule has 2 atom stereocenters. The molecular weight excluding hydrogens is 339 g/mol. The van der Waals surface area contributed by atoms with Crippen molar-refractivity contribution in [1.82, 2.24) is 0 Å². The summed E-state index contributed by atoms with van der Waals surface area (Å²) in [7, 11) is 0. The first-order valence-electron chi connectivity index (χ1n) is 5.97. The molecule has 2 aliphatic carbocycles. The van der Waals surface area contributed by atoms with Gasteiger partial charge in [0.1, 0.15) is 0 Å². The molecule has 0 bridgehead atoms. The third-order valence-corrected chi connectivity index (χ3v) is 5.21. The molecule has 2 unspecified atom stereocenters. The lowest BCUT2D eigenvalue weighted by molar-refractivity contribution is 0.802. The first kappa shape index (κ1) is 11.7. The number of hydrogen-bond acceptors (Lipinski definition) is 1. The molecule has 17 heavy (non-hydrogen) atoms. The Hall–Kier alpha value is -0.350. The van der Waals surface area contributed by atoms with Gasteiger partial charge >= 0.3 is 0 Å². The van der Waals surface area contributed by atoms with Gasteiger partial charge in [-0.2, -0.15) is 0 Å². The SMILES string of the molecule is CC1C=c2c3c(sc2=CC1)C=CC(C)(I)C=C3. The minimum atomic E-state index is 0.146. The summed E-state index contributed by atoms with van der Waals surface area (Å²) in [6, 6.07) is 0. The molecule has 0 aromatic carbocycles. The van der Waals surface area contributed by atoms with E-state index in [2.05, 4.69) is 72.9 Å². The minimum Gasteiger partial charge on any atom is -0.136 e. The number of rotatable bonds is 0. The minimum absolute atomic E-state index is 0.146. The Morgan fingerprint density at radius 1 is 1.35 bits per heavy atom. The van der Waals surface area contributed by atoms with E-state index < -0.39 is 0 Å². The highest BCUT2D eigenvalue weighted by Gasteiger charge is 2.17. The van der Waals surface area contributed by atoms with Gasteiger partial charge in [-0.1, -0.05) is 59.9 Å². The van der Waals surface area contributed by atoms with Crippen LogP contribution < -0.4 is 9.75 Å². The molecule has 88 valence electrons. The van der Waals surface area contributed by atoms with Crippen molar-refractivity contribution in [3.05, 3.63) is 32.3 Å². The molecule has 2 aliphatic rings. The first-order valence-corrected chi connectivity index (χ1v) is 7.87. The Labute approximate surface area is 120 Å². The maximum Gasteiger partial charge on any atom is 0.0559 e. The highest BCUT2D eigenvalue weighted by atomic mass is 127. The van der Waals surface area contributed by atoms with Gasteiger partial charge < -0.3 is 0 Å². The molecule has 1 aromatic heterocycles. The number of allylic oxidation sites excluding steroid dienone is 2. The second-order valence-corrected chi connectivity index (χ2v) is 8.47. The Balaban J connectivity index is 2.27. The summed E-state index contributed by atoms with van der Waals surface area (Å²) in [6.07, 6.45) is 15.2. The van der Waals surface area contributed by atoms with Gasteiger partial charge in [0.2, 0.25) is 0 Å². The summed E-state index contributed by atoms with van der Waals surface area (Å²) in [5.41, 5.74) is 1.42. The average molecular weight is 354 g/mol. The summed E-state index contributed by atoms with van der Waals surface area (Å²) >= 11 is 4.41. The second-order valence-electron chi connectivity index (χ2n) is 5.06. The molecule has 0 fully saturated rings. The van der Waals surface area contributed by atoms with Gasteiger partial charge in [0.25, 0.3) is 0 Å². The van der Waals surface area contributed by atoms with E-state index in [1.807, 2.05) is 11.3 Å². The van der Waals surface area contributed by atoms with Crippen LogP contribution in [0.2, 0.25) is 0 Å². The number of alkyl halides is 1. The zero-order valence-electron chi connectivity index (χ0n) is 10.0. The Bertz CT molecular complexity index is 629. The smallest absolute Gasteiger partial charge is 0.0559 e. The highest BCUT2D eigenvalue weighted by molar-refractivity contribution is 14.1. The molecule has 1 aromatic rings. The molecule has 0 radical (unpaired) electrons.